The van der Waals surface area contributed by atoms with E-state index in [1.165, 1.54) is 17.2 Å². The maximum Gasteiger partial charge on any atom is 0.371 e. The third-order valence-electron chi connectivity index (χ3n) is 7.28. The molecule has 0 spiro atoms. The number of imidazole rings is 1. The average Bonchev–Trinajstić information content (AvgIpc) is 3.45. The molecule has 0 amide bonds. The van der Waals surface area contributed by atoms with E-state index in [9.17, 15) is 9.90 Å². The Bertz CT molecular complexity index is 1550. The highest BCUT2D eigenvalue weighted by Crippen LogP contribution is 2.27. The highest BCUT2D eigenvalue weighted by atomic mass is 31.0. The number of carbonyl (C=O) groups is 1. The standard InChI is InChI=1S/C29H31N4O5P/c1-18-5-6-20(25(39)13-18)17-37-27-4-2-3-22(31-27)19-7-10-32(11-8-19)16-26-30-23-14-24(29(34)35)38-28(23)33(26)15-21-9-12-36-21/h2-7,13-14,21H,8-12,15-17,39H2,1H3,(H,34,35). The lowest BCUT2D eigenvalue weighted by Gasteiger charge is -2.29. The summed E-state index contributed by atoms with van der Waals surface area (Å²) in [5, 5.41) is 10.5. The van der Waals surface area contributed by atoms with Crippen LogP contribution in [-0.4, -0.2) is 56.3 Å². The van der Waals surface area contributed by atoms with Gasteiger partial charge in [0.1, 0.15) is 17.9 Å². The van der Waals surface area contributed by atoms with E-state index >= 15 is 0 Å². The Balaban J connectivity index is 1.13. The Labute approximate surface area is 228 Å². The summed E-state index contributed by atoms with van der Waals surface area (Å²) in [4.78, 5) is 23.2. The minimum atomic E-state index is -1.10. The van der Waals surface area contributed by atoms with E-state index in [4.69, 9.17) is 23.9 Å². The molecule has 0 radical (unpaired) electrons. The SMILES string of the molecule is Cc1ccc(COc2cccc(C3=CCN(Cc4nc5cc(C(=O)O)oc5n4CC4CCO4)CC3)n2)c(P)c1. The second-order valence-electron chi connectivity index (χ2n) is 10.1. The van der Waals surface area contributed by atoms with Crippen LogP contribution in [0.5, 0.6) is 5.88 Å². The first kappa shape index (κ1) is 25.7. The van der Waals surface area contributed by atoms with E-state index in [1.807, 2.05) is 22.8 Å². The maximum absolute atomic E-state index is 11.4. The summed E-state index contributed by atoms with van der Waals surface area (Å²) in [6.07, 6.45) is 4.14. The van der Waals surface area contributed by atoms with Crippen molar-refractivity contribution >= 4 is 37.3 Å². The quantitative estimate of drug-likeness (QED) is 0.312. The molecule has 10 heteroatoms. The van der Waals surface area contributed by atoms with E-state index < -0.39 is 5.97 Å². The van der Waals surface area contributed by atoms with Gasteiger partial charge in [-0.1, -0.05) is 35.9 Å². The van der Waals surface area contributed by atoms with Gasteiger partial charge in [-0.15, -0.1) is 9.24 Å². The molecule has 0 bridgehead atoms. The number of aryl methyl sites for hydroxylation is 1. The van der Waals surface area contributed by atoms with Gasteiger partial charge >= 0.3 is 5.97 Å². The Morgan fingerprint density at radius 1 is 1.23 bits per heavy atom. The topological polar surface area (TPSA) is 103 Å². The van der Waals surface area contributed by atoms with Crippen molar-refractivity contribution in [3.05, 3.63) is 76.9 Å². The predicted octanol–water partition coefficient (Wildman–Crippen LogP) is 4.19. The number of aromatic nitrogens is 3. The van der Waals surface area contributed by atoms with Crippen molar-refractivity contribution in [3.63, 3.8) is 0 Å². The van der Waals surface area contributed by atoms with Crippen molar-refractivity contribution < 1.29 is 23.8 Å². The Hall–Kier alpha value is -3.52. The van der Waals surface area contributed by atoms with Crippen LogP contribution in [0.1, 0.15) is 46.0 Å². The summed E-state index contributed by atoms with van der Waals surface area (Å²) in [7, 11) is 2.77. The van der Waals surface area contributed by atoms with Crippen molar-refractivity contribution in [2.45, 2.75) is 45.6 Å². The van der Waals surface area contributed by atoms with Crippen molar-refractivity contribution in [1.29, 1.82) is 0 Å². The van der Waals surface area contributed by atoms with Gasteiger partial charge in [0.15, 0.2) is 0 Å². The normalized spacial score (nSPS) is 17.7. The molecule has 5 heterocycles. The van der Waals surface area contributed by atoms with Crippen molar-refractivity contribution in [3.8, 4) is 5.88 Å². The molecule has 1 saturated heterocycles. The third-order valence-corrected chi connectivity index (χ3v) is 7.82. The molecular weight excluding hydrogens is 515 g/mol. The number of carboxylic acid groups (broad SMARTS) is 1. The van der Waals surface area contributed by atoms with Crippen LogP contribution in [0.4, 0.5) is 0 Å². The summed E-state index contributed by atoms with van der Waals surface area (Å²) in [5.74, 6) is 0.275. The van der Waals surface area contributed by atoms with Crippen LogP contribution in [0, 0.1) is 6.92 Å². The fraction of sp³-hybridized carbons (Fsp3) is 0.345. The van der Waals surface area contributed by atoms with Crippen molar-refractivity contribution in [2.75, 3.05) is 19.7 Å². The van der Waals surface area contributed by atoms with E-state index in [-0.39, 0.29) is 11.9 Å². The monoisotopic (exact) mass is 546 g/mol. The van der Waals surface area contributed by atoms with Gasteiger partial charge in [-0.25, -0.2) is 14.8 Å². The molecule has 0 saturated carbocycles. The fourth-order valence-electron chi connectivity index (χ4n) is 4.97. The number of nitrogens with zero attached hydrogens (tertiary/aromatic N) is 4. The average molecular weight is 547 g/mol. The first-order chi connectivity index (χ1) is 18.9. The summed E-state index contributed by atoms with van der Waals surface area (Å²) < 4.78 is 19.3. The minimum Gasteiger partial charge on any atom is -0.475 e. The first-order valence-electron chi connectivity index (χ1n) is 13.1. The number of pyridine rings is 1. The molecule has 2 aliphatic heterocycles. The highest BCUT2D eigenvalue weighted by molar-refractivity contribution is 7.27. The fourth-order valence-corrected chi connectivity index (χ4v) is 5.41. The highest BCUT2D eigenvalue weighted by Gasteiger charge is 2.26. The molecule has 39 heavy (non-hydrogen) atoms. The number of hydrogen-bond acceptors (Lipinski definition) is 7. The van der Waals surface area contributed by atoms with E-state index in [0.29, 0.717) is 36.8 Å². The van der Waals surface area contributed by atoms with Crippen LogP contribution in [0.3, 0.4) is 0 Å². The lowest BCUT2D eigenvalue weighted by atomic mass is 10.0. The summed E-state index contributed by atoms with van der Waals surface area (Å²) in [5.41, 5.74) is 5.54. The van der Waals surface area contributed by atoms with Crippen LogP contribution in [0.2, 0.25) is 0 Å². The van der Waals surface area contributed by atoms with Gasteiger partial charge < -0.3 is 19.0 Å². The number of hydrogen-bond donors (Lipinski definition) is 1. The van der Waals surface area contributed by atoms with Crippen molar-refractivity contribution in [1.82, 2.24) is 19.4 Å². The zero-order chi connectivity index (χ0) is 26.9. The zero-order valence-corrected chi connectivity index (χ0v) is 23.0. The molecule has 6 rings (SSSR count). The van der Waals surface area contributed by atoms with Gasteiger partial charge in [-0.2, -0.15) is 0 Å². The van der Waals surface area contributed by atoms with Gasteiger partial charge in [0.05, 0.1) is 24.9 Å². The molecule has 1 aromatic carbocycles. The number of rotatable bonds is 9. The lowest BCUT2D eigenvalue weighted by Crippen LogP contribution is -2.33. The third kappa shape index (κ3) is 5.62. The Kier molecular flexibility index (Phi) is 7.21. The molecule has 2 aliphatic rings. The lowest BCUT2D eigenvalue weighted by molar-refractivity contribution is -0.0595. The molecule has 2 unspecified atom stereocenters. The van der Waals surface area contributed by atoms with E-state index in [2.05, 4.69) is 45.3 Å². The summed E-state index contributed by atoms with van der Waals surface area (Å²) in [6.45, 7) is 6.15. The molecule has 202 valence electrons. The number of carboxylic acids is 1. The molecule has 1 fully saturated rings. The summed E-state index contributed by atoms with van der Waals surface area (Å²) in [6, 6.07) is 13.7. The number of furan rings is 1. The van der Waals surface area contributed by atoms with E-state index in [0.717, 1.165) is 54.9 Å². The maximum atomic E-state index is 11.4. The van der Waals surface area contributed by atoms with Crippen LogP contribution in [0.15, 0.2) is 53.0 Å². The van der Waals surface area contributed by atoms with Crippen molar-refractivity contribution in [2.24, 2.45) is 0 Å². The molecule has 4 aromatic rings. The van der Waals surface area contributed by atoms with Gasteiger partial charge in [-0.05, 0) is 42.3 Å². The minimum absolute atomic E-state index is 0.0977. The largest absolute Gasteiger partial charge is 0.475 e. The zero-order valence-electron chi connectivity index (χ0n) is 21.8. The summed E-state index contributed by atoms with van der Waals surface area (Å²) >= 11 is 0. The van der Waals surface area contributed by atoms with Crippen LogP contribution >= 0.6 is 9.24 Å². The molecule has 2 atom stereocenters. The molecular formula is C29H31N4O5P. The Morgan fingerprint density at radius 3 is 2.82 bits per heavy atom. The van der Waals surface area contributed by atoms with Crippen LogP contribution < -0.4 is 10.0 Å². The second kappa shape index (κ2) is 10.9. The Morgan fingerprint density at radius 2 is 2.10 bits per heavy atom. The molecule has 9 nitrogen and oxygen atoms in total. The molecule has 3 aromatic heterocycles. The predicted molar refractivity (Wildman–Crippen MR) is 150 cm³/mol. The number of aromatic carboxylic acids is 1. The number of benzene rings is 1. The molecule has 0 aliphatic carbocycles. The van der Waals surface area contributed by atoms with Gasteiger partial charge in [0, 0.05) is 31.8 Å². The van der Waals surface area contributed by atoms with Gasteiger partial charge in [0.25, 0.3) is 0 Å². The van der Waals surface area contributed by atoms with E-state index in [1.54, 1.807) is 0 Å². The number of ether oxygens (including phenoxy) is 2. The van der Waals surface area contributed by atoms with Crippen LogP contribution in [-0.2, 0) is 24.4 Å². The van der Waals surface area contributed by atoms with Gasteiger partial charge in [0.2, 0.25) is 17.4 Å². The number of fused-ring (bicyclic) bond motifs is 1. The smallest absolute Gasteiger partial charge is 0.371 e. The second-order valence-corrected chi connectivity index (χ2v) is 10.7. The van der Waals surface area contributed by atoms with Crippen LogP contribution in [0.25, 0.3) is 16.8 Å². The van der Waals surface area contributed by atoms with Gasteiger partial charge in [-0.3, -0.25) is 9.47 Å². The first-order valence-corrected chi connectivity index (χ1v) is 13.7. The molecule has 1 N–H and O–H groups in total.